The Balaban J connectivity index is 2.22. The molecule has 1 fully saturated rings. The van der Waals surface area contributed by atoms with Gasteiger partial charge in [-0.15, -0.1) is 0 Å². The smallest absolute Gasteiger partial charge is 0.158 e. The Bertz CT molecular complexity index is 416. The second-order valence-corrected chi connectivity index (χ2v) is 5.68. The number of hydrogen-bond donors (Lipinski definition) is 1. The minimum atomic E-state index is 0.468. The van der Waals surface area contributed by atoms with E-state index in [0.29, 0.717) is 19.3 Å². The lowest BCUT2D eigenvalue weighted by Crippen LogP contribution is -2.41. The molecule has 0 saturated carbocycles. The summed E-state index contributed by atoms with van der Waals surface area (Å²) in [6, 6.07) is 2.53. The Labute approximate surface area is 119 Å². The summed E-state index contributed by atoms with van der Waals surface area (Å²) in [5, 5.41) is 3.10. The van der Waals surface area contributed by atoms with Crippen LogP contribution in [0.15, 0.2) is 6.07 Å². The van der Waals surface area contributed by atoms with Crippen LogP contribution in [0.2, 0.25) is 0 Å². The van der Waals surface area contributed by atoms with E-state index in [-0.39, 0.29) is 0 Å². The third-order valence-electron chi connectivity index (χ3n) is 3.11. The van der Waals surface area contributed by atoms with E-state index in [1.165, 1.54) is 0 Å². The van der Waals surface area contributed by atoms with Gasteiger partial charge in [-0.3, -0.25) is 0 Å². The van der Waals surface area contributed by atoms with Gasteiger partial charge in [0.05, 0.1) is 0 Å². The molecule has 0 amide bonds. The molecule has 1 saturated heterocycles. The zero-order valence-electron chi connectivity index (χ0n) is 11.8. The van der Waals surface area contributed by atoms with Crippen molar-refractivity contribution in [1.29, 1.82) is 0 Å². The van der Waals surface area contributed by atoms with Crippen molar-refractivity contribution < 1.29 is 4.74 Å². The average Bonchev–Trinajstić information content (AvgIpc) is 2.45. The highest BCUT2D eigenvalue weighted by Gasteiger charge is 2.21. The van der Waals surface area contributed by atoms with Crippen LogP contribution in [0, 0.1) is 0 Å². The monoisotopic (exact) mass is 282 g/mol. The summed E-state index contributed by atoms with van der Waals surface area (Å²) in [5.41, 5.74) is 0. The molecule has 6 heteroatoms. The van der Waals surface area contributed by atoms with Gasteiger partial charge in [-0.25, -0.2) is 9.97 Å². The van der Waals surface area contributed by atoms with Gasteiger partial charge >= 0.3 is 0 Å². The quantitative estimate of drug-likeness (QED) is 0.891. The molecular weight excluding hydrogens is 260 g/mol. The largest absolute Gasteiger partial charge is 0.374 e. The first-order chi connectivity index (χ1) is 9.24. The number of ether oxygens (including phenoxy) is 1. The number of thioether (sulfide) groups is 1. The molecule has 1 unspecified atom stereocenters. The lowest BCUT2D eigenvalue weighted by molar-refractivity contribution is 0.128. The van der Waals surface area contributed by atoms with Crippen molar-refractivity contribution >= 4 is 23.4 Å². The van der Waals surface area contributed by atoms with Crippen LogP contribution in [0.4, 0.5) is 11.6 Å². The summed E-state index contributed by atoms with van der Waals surface area (Å²) in [5.74, 6) is 4.91. The minimum absolute atomic E-state index is 0.468. The van der Waals surface area contributed by atoms with Crippen molar-refractivity contribution in [3.8, 4) is 0 Å². The van der Waals surface area contributed by atoms with Crippen molar-refractivity contribution in [3.63, 3.8) is 0 Å². The van der Waals surface area contributed by atoms with Crippen LogP contribution in [0.3, 0.4) is 0 Å². The number of nitrogens with one attached hydrogen (secondary N) is 1. The molecule has 2 rings (SSSR count). The van der Waals surface area contributed by atoms with E-state index >= 15 is 0 Å². The SMILES string of the molecule is CCOCc1nc(NC)cc(N2CCSCC2C)n1. The first-order valence-corrected chi connectivity index (χ1v) is 7.88. The van der Waals surface area contributed by atoms with Crippen LogP contribution in [0.5, 0.6) is 0 Å². The summed E-state index contributed by atoms with van der Waals surface area (Å²) in [4.78, 5) is 11.4. The Morgan fingerprint density at radius 2 is 2.37 bits per heavy atom. The van der Waals surface area contributed by atoms with E-state index in [2.05, 4.69) is 27.1 Å². The van der Waals surface area contributed by atoms with E-state index in [1.807, 2.05) is 31.8 Å². The van der Waals surface area contributed by atoms with Crippen molar-refractivity contribution in [2.45, 2.75) is 26.5 Å². The number of aromatic nitrogens is 2. The molecule has 0 radical (unpaired) electrons. The Morgan fingerprint density at radius 3 is 3.05 bits per heavy atom. The molecule has 1 N–H and O–H groups in total. The second kappa shape index (κ2) is 6.96. The molecule has 0 bridgehead atoms. The normalized spacial score (nSPS) is 19.5. The molecule has 5 nitrogen and oxygen atoms in total. The Hall–Kier alpha value is -1.01. The molecule has 19 heavy (non-hydrogen) atoms. The molecule has 2 heterocycles. The van der Waals surface area contributed by atoms with Gasteiger partial charge in [0, 0.05) is 43.8 Å². The predicted molar refractivity (Wildman–Crippen MR) is 81.0 cm³/mol. The Morgan fingerprint density at radius 1 is 1.53 bits per heavy atom. The van der Waals surface area contributed by atoms with Crippen LogP contribution in [0.1, 0.15) is 19.7 Å². The number of anilines is 2. The average molecular weight is 282 g/mol. The van der Waals surface area contributed by atoms with E-state index in [1.54, 1.807) is 0 Å². The van der Waals surface area contributed by atoms with Gasteiger partial charge in [-0.2, -0.15) is 11.8 Å². The molecular formula is C13H22N4OS. The fourth-order valence-corrected chi connectivity index (χ4v) is 3.10. The molecule has 1 aliphatic rings. The Kier molecular flexibility index (Phi) is 5.27. The standard InChI is InChI=1S/C13H22N4OS/c1-4-18-8-12-15-11(14-3)7-13(16-12)17-5-6-19-9-10(17)2/h7,10H,4-6,8-9H2,1-3H3,(H,14,15,16). The van der Waals surface area contributed by atoms with Crippen molar-refractivity contribution in [1.82, 2.24) is 9.97 Å². The number of rotatable bonds is 5. The number of nitrogens with zero attached hydrogens (tertiary/aromatic N) is 3. The predicted octanol–water partition coefficient (Wildman–Crippen LogP) is 2.00. The highest BCUT2D eigenvalue weighted by atomic mass is 32.2. The zero-order valence-corrected chi connectivity index (χ0v) is 12.7. The summed E-state index contributed by atoms with van der Waals surface area (Å²) in [6.07, 6.45) is 0. The summed E-state index contributed by atoms with van der Waals surface area (Å²) >= 11 is 2.00. The van der Waals surface area contributed by atoms with Gasteiger partial charge < -0.3 is 15.0 Å². The minimum Gasteiger partial charge on any atom is -0.374 e. The molecule has 0 aromatic carbocycles. The van der Waals surface area contributed by atoms with E-state index in [9.17, 15) is 0 Å². The second-order valence-electron chi connectivity index (χ2n) is 4.53. The molecule has 1 aromatic heterocycles. The fourth-order valence-electron chi connectivity index (χ4n) is 2.08. The summed E-state index contributed by atoms with van der Waals surface area (Å²) in [7, 11) is 1.88. The van der Waals surface area contributed by atoms with Crippen LogP contribution < -0.4 is 10.2 Å². The summed E-state index contributed by atoms with van der Waals surface area (Å²) < 4.78 is 5.41. The van der Waals surface area contributed by atoms with Crippen LogP contribution in [-0.2, 0) is 11.3 Å². The van der Waals surface area contributed by atoms with E-state index < -0.39 is 0 Å². The maximum Gasteiger partial charge on any atom is 0.158 e. The van der Waals surface area contributed by atoms with Crippen molar-refractivity contribution in [2.75, 3.05) is 41.9 Å². The fraction of sp³-hybridized carbons (Fsp3) is 0.692. The van der Waals surface area contributed by atoms with Gasteiger partial charge in [0.15, 0.2) is 5.82 Å². The third-order valence-corrected chi connectivity index (χ3v) is 4.30. The highest BCUT2D eigenvalue weighted by molar-refractivity contribution is 7.99. The molecule has 1 atom stereocenters. The topological polar surface area (TPSA) is 50.3 Å². The van der Waals surface area contributed by atoms with Gasteiger partial charge in [0.25, 0.3) is 0 Å². The molecule has 1 aliphatic heterocycles. The van der Waals surface area contributed by atoms with Crippen LogP contribution in [-0.4, -0.2) is 47.7 Å². The highest BCUT2D eigenvalue weighted by Crippen LogP contribution is 2.24. The third kappa shape index (κ3) is 3.73. The zero-order chi connectivity index (χ0) is 13.7. The van der Waals surface area contributed by atoms with Crippen molar-refractivity contribution in [3.05, 3.63) is 11.9 Å². The molecule has 0 aliphatic carbocycles. The maximum absolute atomic E-state index is 5.41. The lowest BCUT2D eigenvalue weighted by Gasteiger charge is -2.34. The van der Waals surface area contributed by atoms with Crippen LogP contribution in [0.25, 0.3) is 0 Å². The first-order valence-electron chi connectivity index (χ1n) is 6.72. The number of hydrogen-bond acceptors (Lipinski definition) is 6. The molecule has 0 spiro atoms. The van der Waals surface area contributed by atoms with Gasteiger partial charge in [-0.05, 0) is 13.8 Å². The van der Waals surface area contributed by atoms with E-state index in [0.717, 1.165) is 35.5 Å². The first kappa shape index (κ1) is 14.4. The summed E-state index contributed by atoms with van der Waals surface area (Å²) in [6.45, 7) is 6.41. The lowest BCUT2D eigenvalue weighted by atomic mass is 10.3. The van der Waals surface area contributed by atoms with Gasteiger partial charge in [-0.1, -0.05) is 0 Å². The molecule has 1 aromatic rings. The maximum atomic E-state index is 5.41. The van der Waals surface area contributed by atoms with Gasteiger partial charge in [0.1, 0.15) is 18.2 Å². The van der Waals surface area contributed by atoms with E-state index in [4.69, 9.17) is 4.74 Å². The molecule has 106 valence electrons. The van der Waals surface area contributed by atoms with Crippen molar-refractivity contribution in [2.24, 2.45) is 0 Å². The van der Waals surface area contributed by atoms with Gasteiger partial charge in [0.2, 0.25) is 0 Å². The van der Waals surface area contributed by atoms with Crippen LogP contribution >= 0.6 is 11.8 Å².